The lowest BCUT2D eigenvalue weighted by Gasteiger charge is -2.20. The van der Waals surface area contributed by atoms with Crippen LogP contribution in [0.3, 0.4) is 0 Å². The monoisotopic (exact) mass is 425 g/mol. The topological polar surface area (TPSA) is 36.4 Å². The van der Waals surface area contributed by atoms with Crippen LogP contribution in [-0.4, -0.2) is 31.3 Å². The third-order valence-electron chi connectivity index (χ3n) is 3.06. The Morgan fingerprint density at radius 2 is 1.86 bits per heavy atom. The second kappa shape index (κ2) is 11.1. The summed E-state index contributed by atoms with van der Waals surface area (Å²) in [4.78, 5) is 5.28. The van der Waals surface area contributed by atoms with Gasteiger partial charge in [-0.1, -0.05) is 13.8 Å². The van der Waals surface area contributed by atoms with E-state index in [2.05, 4.69) is 36.4 Å². The summed E-state index contributed by atoms with van der Waals surface area (Å²) in [7, 11) is 1.77. The SMILES string of the molecule is CN=C(NCCSc1ccc(F)cc1)NC(C)C(C)C.I. The molecule has 0 aliphatic rings. The molecule has 0 radical (unpaired) electrons. The molecule has 0 bridgehead atoms. The Morgan fingerprint density at radius 1 is 1.24 bits per heavy atom. The fourth-order valence-electron chi connectivity index (χ4n) is 1.45. The molecule has 0 aromatic heterocycles. The molecule has 1 aromatic carbocycles. The van der Waals surface area contributed by atoms with E-state index in [1.165, 1.54) is 12.1 Å². The van der Waals surface area contributed by atoms with E-state index in [4.69, 9.17) is 0 Å². The van der Waals surface area contributed by atoms with Crippen LogP contribution in [0.25, 0.3) is 0 Å². The minimum absolute atomic E-state index is 0. The number of guanidine groups is 1. The van der Waals surface area contributed by atoms with Crippen molar-refractivity contribution in [3.8, 4) is 0 Å². The van der Waals surface area contributed by atoms with Gasteiger partial charge < -0.3 is 10.6 Å². The number of thioether (sulfide) groups is 1. The smallest absolute Gasteiger partial charge is 0.191 e. The molecule has 0 saturated carbocycles. The van der Waals surface area contributed by atoms with Crippen molar-refractivity contribution < 1.29 is 4.39 Å². The maximum absolute atomic E-state index is 12.8. The Morgan fingerprint density at radius 3 is 2.38 bits per heavy atom. The molecule has 0 aliphatic heterocycles. The Balaban J connectivity index is 0.00000400. The van der Waals surface area contributed by atoms with Crippen molar-refractivity contribution in [2.45, 2.75) is 31.7 Å². The van der Waals surface area contributed by atoms with Gasteiger partial charge in [0.25, 0.3) is 0 Å². The number of hydrogen-bond acceptors (Lipinski definition) is 2. The van der Waals surface area contributed by atoms with Crippen LogP contribution in [0, 0.1) is 11.7 Å². The summed E-state index contributed by atoms with van der Waals surface area (Å²) in [6.07, 6.45) is 0. The van der Waals surface area contributed by atoms with E-state index in [9.17, 15) is 4.39 Å². The van der Waals surface area contributed by atoms with Gasteiger partial charge in [0.15, 0.2) is 5.96 Å². The van der Waals surface area contributed by atoms with Gasteiger partial charge in [0.1, 0.15) is 5.82 Å². The van der Waals surface area contributed by atoms with Crippen LogP contribution < -0.4 is 10.6 Å². The fraction of sp³-hybridized carbons (Fsp3) is 0.533. The molecule has 1 atom stereocenters. The lowest BCUT2D eigenvalue weighted by atomic mass is 10.1. The first-order valence-electron chi connectivity index (χ1n) is 6.88. The number of hydrogen-bond donors (Lipinski definition) is 2. The predicted molar refractivity (Wildman–Crippen MR) is 101 cm³/mol. The zero-order chi connectivity index (χ0) is 15.0. The zero-order valence-electron chi connectivity index (χ0n) is 13.0. The normalized spacial score (nSPS) is 12.8. The molecule has 0 amide bonds. The summed E-state index contributed by atoms with van der Waals surface area (Å²) in [5, 5.41) is 6.63. The minimum Gasteiger partial charge on any atom is -0.356 e. The van der Waals surface area contributed by atoms with Crippen LogP contribution in [0.15, 0.2) is 34.2 Å². The summed E-state index contributed by atoms with van der Waals surface area (Å²) in [6.45, 7) is 7.31. The van der Waals surface area contributed by atoms with Crippen molar-refractivity contribution in [3.05, 3.63) is 30.1 Å². The first kappa shape index (κ1) is 20.5. The largest absolute Gasteiger partial charge is 0.356 e. The lowest BCUT2D eigenvalue weighted by Crippen LogP contribution is -2.44. The molecule has 1 rings (SSSR count). The third kappa shape index (κ3) is 8.50. The van der Waals surface area contributed by atoms with Gasteiger partial charge in [-0.2, -0.15) is 0 Å². The lowest BCUT2D eigenvalue weighted by molar-refractivity contribution is 0.481. The van der Waals surface area contributed by atoms with E-state index in [0.29, 0.717) is 12.0 Å². The number of halogens is 2. The average Bonchev–Trinajstić information content (AvgIpc) is 2.43. The van der Waals surface area contributed by atoms with Crippen molar-refractivity contribution >= 4 is 41.7 Å². The van der Waals surface area contributed by atoms with Gasteiger partial charge in [-0.05, 0) is 37.1 Å². The highest BCUT2D eigenvalue weighted by Crippen LogP contribution is 2.17. The molecule has 1 aromatic rings. The van der Waals surface area contributed by atoms with Crippen molar-refractivity contribution in [1.82, 2.24) is 10.6 Å². The molecular weight excluding hydrogens is 400 g/mol. The van der Waals surface area contributed by atoms with Gasteiger partial charge in [0.05, 0.1) is 0 Å². The van der Waals surface area contributed by atoms with Crippen molar-refractivity contribution in [3.63, 3.8) is 0 Å². The van der Waals surface area contributed by atoms with Gasteiger partial charge in [0, 0.05) is 30.3 Å². The van der Waals surface area contributed by atoms with E-state index in [1.54, 1.807) is 30.9 Å². The minimum atomic E-state index is -0.195. The molecule has 1 unspecified atom stereocenters. The quantitative estimate of drug-likeness (QED) is 0.240. The predicted octanol–water partition coefficient (Wildman–Crippen LogP) is 3.75. The molecule has 6 heteroatoms. The van der Waals surface area contributed by atoms with Crippen molar-refractivity contribution in [2.75, 3.05) is 19.3 Å². The maximum atomic E-state index is 12.8. The number of benzene rings is 1. The first-order chi connectivity index (χ1) is 9.52. The molecule has 0 saturated heterocycles. The van der Waals surface area contributed by atoms with Crippen molar-refractivity contribution in [1.29, 1.82) is 0 Å². The van der Waals surface area contributed by atoms with E-state index in [-0.39, 0.29) is 29.8 Å². The number of nitrogens with one attached hydrogen (secondary N) is 2. The van der Waals surface area contributed by atoms with E-state index in [1.807, 2.05) is 0 Å². The second-order valence-corrected chi connectivity index (χ2v) is 6.15. The van der Waals surface area contributed by atoms with Gasteiger partial charge in [0.2, 0.25) is 0 Å². The summed E-state index contributed by atoms with van der Waals surface area (Å²) >= 11 is 1.69. The first-order valence-corrected chi connectivity index (χ1v) is 7.87. The van der Waals surface area contributed by atoms with Gasteiger partial charge in [-0.25, -0.2) is 4.39 Å². The van der Waals surface area contributed by atoms with Gasteiger partial charge in [-0.15, -0.1) is 35.7 Å². The standard InChI is InChI=1S/C15H24FN3S.HI/c1-11(2)12(3)19-15(17-4)18-9-10-20-14-7-5-13(16)6-8-14;/h5-8,11-12H,9-10H2,1-4H3,(H2,17,18,19);1H. The zero-order valence-corrected chi connectivity index (χ0v) is 16.2. The van der Waals surface area contributed by atoms with E-state index < -0.39 is 0 Å². The van der Waals surface area contributed by atoms with Gasteiger partial charge in [-0.3, -0.25) is 4.99 Å². The molecule has 0 fully saturated rings. The molecule has 3 nitrogen and oxygen atoms in total. The van der Waals surface area contributed by atoms with Crippen molar-refractivity contribution in [2.24, 2.45) is 10.9 Å². The molecule has 0 aliphatic carbocycles. The summed E-state index contributed by atoms with van der Waals surface area (Å²) in [5.41, 5.74) is 0. The Bertz CT molecular complexity index is 423. The Kier molecular flexibility index (Phi) is 10.9. The molecule has 21 heavy (non-hydrogen) atoms. The van der Waals surface area contributed by atoms with Crippen LogP contribution in [0.2, 0.25) is 0 Å². The number of aliphatic imine (C=N–C) groups is 1. The van der Waals surface area contributed by atoms with Crippen LogP contribution in [0.4, 0.5) is 4.39 Å². The number of rotatable bonds is 6. The highest BCUT2D eigenvalue weighted by atomic mass is 127. The Hall–Kier alpha value is -0.500. The number of nitrogens with zero attached hydrogens (tertiary/aromatic N) is 1. The highest BCUT2D eigenvalue weighted by Gasteiger charge is 2.08. The van der Waals surface area contributed by atoms with Crippen LogP contribution in [-0.2, 0) is 0 Å². The van der Waals surface area contributed by atoms with E-state index in [0.717, 1.165) is 23.2 Å². The van der Waals surface area contributed by atoms with Crippen LogP contribution >= 0.6 is 35.7 Å². The molecule has 0 heterocycles. The average molecular weight is 425 g/mol. The molecular formula is C15H25FIN3S. The third-order valence-corrected chi connectivity index (χ3v) is 4.08. The highest BCUT2D eigenvalue weighted by molar-refractivity contribution is 14.0. The summed E-state index contributed by atoms with van der Waals surface area (Å²) in [6, 6.07) is 6.95. The summed E-state index contributed by atoms with van der Waals surface area (Å²) in [5.74, 6) is 2.09. The molecule has 0 spiro atoms. The molecule has 120 valence electrons. The Labute approximate surface area is 148 Å². The van der Waals surface area contributed by atoms with Gasteiger partial charge >= 0.3 is 0 Å². The summed E-state index contributed by atoms with van der Waals surface area (Å²) < 4.78 is 12.8. The molecule has 2 N–H and O–H groups in total. The maximum Gasteiger partial charge on any atom is 0.191 e. The van der Waals surface area contributed by atoms with Crippen LogP contribution in [0.1, 0.15) is 20.8 Å². The van der Waals surface area contributed by atoms with E-state index >= 15 is 0 Å². The fourth-order valence-corrected chi connectivity index (χ4v) is 2.21. The van der Waals surface area contributed by atoms with Crippen LogP contribution in [0.5, 0.6) is 0 Å². The second-order valence-electron chi connectivity index (χ2n) is 4.98.